The molecule has 8 nitrogen and oxygen atoms in total. The quantitative estimate of drug-likeness (QED) is 0.532. The average Bonchev–Trinajstić information content (AvgIpc) is 3.32. The molecular weight excluding hydrogens is 444 g/mol. The second-order valence-corrected chi connectivity index (χ2v) is 10.1. The molecule has 1 atom stereocenters. The molecule has 0 bridgehead atoms. The highest BCUT2D eigenvalue weighted by Crippen LogP contribution is 2.23. The fourth-order valence-corrected chi connectivity index (χ4v) is 5.48. The van der Waals surface area contributed by atoms with Crippen LogP contribution in [-0.2, 0) is 26.0 Å². The van der Waals surface area contributed by atoms with Gasteiger partial charge in [-0.3, -0.25) is 4.79 Å². The Morgan fingerprint density at radius 2 is 2.03 bits per heavy atom. The highest BCUT2D eigenvalue weighted by atomic mass is 32.2. The summed E-state index contributed by atoms with van der Waals surface area (Å²) in [4.78, 5) is 27.5. The van der Waals surface area contributed by atoms with Crippen molar-refractivity contribution in [2.24, 2.45) is 0 Å². The molecule has 0 spiro atoms. The van der Waals surface area contributed by atoms with E-state index >= 15 is 0 Å². The van der Waals surface area contributed by atoms with Crippen LogP contribution >= 0.6 is 0 Å². The minimum absolute atomic E-state index is 0.0451. The van der Waals surface area contributed by atoms with Gasteiger partial charge in [-0.25, -0.2) is 13.2 Å². The molecule has 174 valence electrons. The molecule has 1 saturated heterocycles. The van der Waals surface area contributed by atoms with Crippen LogP contribution < -0.4 is 5.56 Å². The number of hydrogen-bond acceptors (Lipinski definition) is 6. The van der Waals surface area contributed by atoms with Gasteiger partial charge in [-0.05, 0) is 61.0 Å². The fourth-order valence-electron chi connectivity index (χ4n) is 3.98. The molecule has 4 rings (SSSR count). The maximum Gasteiger partial charge on any atom is 0.337 e. The number of benzene rings is 2. The average molecular weight is 471 g/mol. The molecular formula is C24H26N2O6S. The van der Waals surface area contributed by atoms with E-state index in [1.807, 2.05) is 25.1 Å². The molecule has 33 heavy (non-hydrogen) atoms. The first kappa shape index (κ1) is 23.2. The number of ether oxygens (including phenoxy) is 2. The molecule has 0 amide bonds. The summed E-state index contributed by atoms with van der Waals surface area (Å²) in [6.45, 7) is 2.50. The normalized spacial score (nSPS) is 16.4. The smallest absolute Gasteiger partial charge is 0.337 e. The molecule has 1 aliphatic heterocycles. The Labute approximate surface area is 192 Å². The lowest BCUT2D eigenvalue weighted by molar-refractivity contribution is 0.0600. The number of aromatic amines is 1. The Bertz CT molecular complexity index is 1340. The number of methoxy groups -OCH3 is 1. The van der Waals surface area contributed by atoms with Crippen LogP contribution in [0.15, 0.2) is 58.2 Å². The van der Waals surface area contributed by atoms with Crippen LogP contribution in [0.2, 0.25) is 0 Å². The lowest BCUT2D eigenvalue weighted by Gasteiger charge is -2.25. The van der Waals surface area contributed by atoms with E-state index in [-0.39, 0.29) is 35.2 Å². The lowest BCUT2D eigenvalue weighted by Crippen LogP contribution is -2.38. The van der Waals surface area contributed by atoms with Crippen LogP contribution in [0.5, 0.6) is 0 Å². The van der Waals surface area contributed by atoms with Crippen molar-refractivity contribution in [1.82, 2.24) is 9.29 Å². The summed E-state index contributed by atoms with van der Waals surface area (Å²) in [6, 6.07) is 13.1. The Kier molecular flexibility index (Phi) is 6.64. The second-order valence-electron chi connectivity index (χ2n) is 8.17. The Morgan fingerprint density at radius 1 is 1.21 bits per heavy atom. The number of nitrogens with zero attached hydrogens (tertiary/aromatic N) is 1. The maximum atomic E-state index is 13.6. The number of carbonyl (C=O) groups excluding carboxylic acids is 1. The van der Waals surface area contributed by atoms with Gasteiger partial charge in [0.15, 0.2) is 0 Å². The predicted octanol–water partition coefficient (Wildman–Crippen LogP) is 2.99. The minimum atomic E-state index is -4.03. The number of rotatable bonds is 7. The van der Waals surface area contributed by atoms with Gasteiger partial charge in [0, 0.05) is 30.8 Å². The van der Waals surface area contributed by atoms with Crippen LogP contribution in [0, 0.1) is 6.92 Å². The second kappa shape index (κ2) is 9.46. The number of esters is 1. The third kappa shape index (κ3) is 5.00. The fraction of sp³-hybridized carbons (Fsp3) is 0.333. The monoisotopic (exact) mass is 470 g/mol. The third-order valence-electron chi connectivity index (χ3n) is 5.75. The van der Waals surface area contributed by atoms with Crippen LogP contribution in [-0.4, -0.2) is 50.0 Å². The summed E-state index contributed by atoms with van der Waals surface area (Å²) >= 11 is 0. The van der Waals surface area contributed by atoms with Crippen molar-refractivity contribution in [3.8, 4) is 0 Å². The van der Waals surface area contributed by atoms with Gasteiger partial charge >= 0.3 is 5.97 Å². The maximum absolute atomic E-state index is 13.6. The molecule has 1 aromatic heterocycles. The molecule has 1 aliphatic rings. The number of aromatic nitrogens is 1. The third-order valence-corrected chi connectivity index (χ3v) is 7.56. The van der Waals surface area contributed by atoms with Crippen molar-refractivity contribution in [3.05, 3.63) is 75.6 Å². The molecule has 0 aliphatic carbocycles. The molecule has 0 radical (unpaired) electrons. The summed E-state index contributed by atoms with van der Waals surface area (Å²) in [6.07, 6.45) is 1.33. The minimum Gasteiger partial charge on any atom is -0.465 e. The largest absolute Gasteiger partial charge is 0.465 e. The number of fused-ring (bicyclic) bond motifs is 1. The van der Waals surface area contributed by atoms with E-state index in [9.17, 15) is 18.0 Å². The molecule has 1 N–H and O–H groups in total. The summed E-state index contributed by atoms with van der Waals surface area (Å²) in [5.74, 6) is -0.626. The van der Waals surface area contributed by atoms with Crippen molar-refractivity contribution in [2.75, 3.05) is 20.3 Å². The van der Waals surface area contributed by atoms with Crippen molar-refractivity contribution >= 4 is 26.9 Å². The number of carbonyl (C=O) groups is 1. The summed E-state index contributed by atoms with van der Waals surface area (Å²) in [5, 5.41) is 0.817. The predicted molar refractivity (Wildman–Crippen MR) is 124 cm³/mol. The summed E-state index contributed by atoms with van der Waals surface area (Å²) < 4.78 is 38.9. The zero-order valence-electron chi connectivity index (χ0n) is 18.5. The number of pyridine rings is 1. The van der Waals surface area contributed by atoms with E-state index in [0.29, 0.717) is 17.7 Å². The molecule has 9 heteroatoms. The van der Waals surface area contributed by atoms with Crippen LogP contribution in [0.4, 0.5) is 0 Å². The molecule has 0 unspecified atom stereocenters. The highest BCUT2D eigenvalue weighted by molar-refractivity contribution is 7.89. The SMILES string of the molecule is COC(=O)c1cccc(S(=O)(=O)N(Cc2cc3ccc(C)cc3[nH]c2=O)C[C@@H]2CCCO2)c1. The molecule has 0 saturated carbocycles. The number of H-pyrrole nitrogens is 1. The van der Waals surface area contributed by atoms with Crippen LogP contribution in [0.1, 0.15) is 34.3 Å². The van der Waals surface area contributed by atoms with Crippen LogP contribution in [0.25, 0.3) is 10.9 Å². The molecule has 2 aromatic carbocycles. The molecule has 1 fully saturated rings. The number of sulfonamides is 1. The zero-order chi connectivity index (χ0) is 23.6. The number of hydrogen-bond donors (Lipinski definition) is 1. The molecule has 2 heterocycles. The zero-order valence-corrected chi connectivity index (χ0v) is 19.4. The molecule has 3 aromatic rings. The standard InChI is InChI=1S/C24H26N2O6S/c1-16-8-9-17-12-19(23(27)25-22(17)11-16)14-26(15-20-6-4-10-32-20)33(29,30)21-7-3-5-18(13-21)24(28)31-2/h3,5,7-9,11-13,20H,4,6,10,14-15H2,1-2H3,(H,25,27)/t20-/m0/s1. The number of nitrogens with one attached hydrogen (secondary N) is 1. The Morgan fingerprint density at radius 3 is 2.76 bits per heavy atom. The van der Waals surface area contributed by atoms with Gasteiger partial charge in [-0.15, -0.1) is 0 Å². The first-order valence-corrected chi connectivity index (χ1v) is 12.1. The van der Waals surface area contributed by atoms with Gasteiger partial charge in [0.25, 0.3) is 5.56 Å². The van der Waals surface area contributed by atoms with E-state index in [2.05, 4.69) is 4.98 Å². The van der Waals surface area contributed by atoms with Gasteiger partial charge in [0.05, 0.1) is 23.7 Å². The number of aryl methyl sites for hydroxylation is 1. The first-order chi connectivity index (χ1) is 15.8. The summed E-state index contributed by atoms with van der Waals surface area (Å²) in [7, 11) is -2.80. The lowest BCUT2D eigenvalue weighted by atomic mass is 10.1. The van der Waals surface area contributed by atoms with Crippen molar-refractivity contribution in [3.63, 3.8) is 0 Å². The van der Waals surface area contributed by atoms with Crippen molar-refractivity contribution in [1.29, 1.82) is 0 Å². The van der Waals surface area contributed by atoms with Crippen molar-refractivity contribution < 1.29 is 22.7 Å². The van der Waals surface area contributed by atoms with E-state index in [1.54, 1.807) is 6.07 Å². The Balaban J connectivity index is 1.73. The van der Waals surface area contributed by atoms with Gasteiger partial charge in [0.1, 0.15) is 0 Å². The van der Waals surface area contributed by atoms with E-state index in [0.717, 1.165) is 23.8 Å². The van der Waals surface area contributed by atoms with Gasteiger partial charge in [0.2, 0.25) is 10.0 Å². The first-order valence-electron chi connectivity index (χ1n) is 10.7. The van der Waals surface area contributed by atoms with Gasteiger partial charge < -0.3 is 14.5 Å². The van der Waals surface area contributed by atoms with Crippen LogP contribution in [0.3, 0.4) is 0 Å². The topological polar surface area (TPSA) is 106 Å². The van der Waals surface area contributed by atoms with E-state index in [4.69, 9.17) is 9.47 Å². The Hall–Kier alpha value is -3.01. The summed E-state index contributed by atoms with van der Waals surface area (Å²) in [5.41, 5.74) is 1.83. The highest BCUT2D eigenvalue weighted by Gasteiger charge is 2.30. The van der Waals surface area contributed by atoms with E-state index < -0.39 is 16.0 Å². The van der Waals surface area contributed by atoms with Gasteiger partial charge in [-0.2, -0.15) is 4.31 Å². The van der Waals surface area contributed by atoms with Crippen molar-refractivity contribution in [2.45, 2.75) is 37.3 Å². The van der Waals surface area contributed by atoms with E-state index in [1.165, 1.54) is 35.7 Å². The van der Waals surface area contributed by atoms with Gasteiger partial charge in [-0.1, -0.05) is 18.2 Å².